The van der Waals surface area contributed by atoms with Crippen molar-refractivity contribution in [1.29, 1.82) is 0 Å². The number of carbonyl (C=O) groups is 1. The summed E-state index contributed by atoms with van der Waals surface area (Å²) in [5, 5.41) is 0. The first-order valence-electron chi connectivity index (χ1n) is 7.15. The predicted molar refractivity (Wildman–Crippen MR) is 76.8 cm³/mol. The van der Waals surface area contributed by atoms with Crippen molar-refractivity contribution in [2.24, 2.45) is 5.92 Å². The van der Waals surface area contributed by atoms with Crippen molar-refractivity contribution in [2.45, 2.75) is 71.0 Å². The molecule has 0 aromatic heterocycles. The Morgan fingerprint density at radius 2 is 1.70 bits per heavy atom. The Bertz CT molecular complexity index is 413. The molecule has 6 heteroatoms. The van der Waals surface area contributed by atoms with Gasteiger partial charge in [-0.05, 0) is 58.8 Å². The van der Waals surface area contributed by atoms with Gasteiger partial charge in [-0.15, -0.1) is 0 Å². The van der Waals surface area contributed by atoms with Crippen molar-refractivity contribution in [3.63, 3.8) is 0 Å². The van der Waals surface area contributed by atoms with Gasteiger partial charge in [-0.3, -0.25) is 8.98 Å². The molecule has 118 valence electrons. The molecule has 0 aliphatic heterocycles. The molecule has 0 spiro atoms. The van der Waals surface area contributed by atoms with Gasteiger partial charge in [-0.1, -0.05) is 0 Å². The van der Waals surface area contributed by atoms with E-state index in [1.54, 1.807) is 0 Å². The Labute approximate surface area is 122 Å². The number of rotatable bonds is 5. The summed E-state index contributed by atoms with van der Waals surface area (Å²) < 4.78 is 32.4. The predicted octanol–water partition coefficient (Wildman–Crippen LogP) is 2.64. The standard InChI is InChI=1S/C14H26O5S/c1-14(2,3)18-13(15)10-7-11-5-8-12(9-6-11)19-20(4,16)17/h11-12H,5-10H2,1-4H3. The summed E-state index contributed by atoms with van der Waals surface area (Å²) in [7, 11) is -3.36. The summed E-state index contributed by atoms with van der Waals surface area (Å²) >= 11 is 0. The fourth-order valence-electron chi connectivity index (χ4n) is 2.48. The second-order valence-electron chi connectivity index (χ2n) is 6.57. The van der Waals surface area contributed by atoms with Crippen LogP contribution in [-0.2, 0) is 23.8 Å². The highest BCUT2D eigenvalue weighted by atomic mass is 32.2. The van der Waals surface area contributed by atoms with E-state index < -0.39 is 15.7 Å². The molecule has 1 saturated carbocycles. The van der Waals surface area contributed by atoms with Crippen molar-refractivity contribution in [3.05, 3.63) is 0 Å². The van der Waals surface area contributed by atoms with Gasteiger partial charge < -0.3 is 4.74 Å². The van der Waals surface area contributed by atoms with E-state index in [1.807, 2.05) is 20.8 Å². The number of esters is 1. The molecule has 0 heterocycles. The summed E-state index contributed by atoms with van der Waals surface area (Å²) in [5.41, 5.74) is -0.432. The average Bonchev–Trinajstić information content (AvgIpc) is 2.23. The summed E-state index contributed by atoms with van der Waals surface area (Å²) in [6.07, 6.45) is 5.42. The third-order valence-corrected chi connectivity index (χ3v) is 3.90. The van der Waals surface area contributed by atoms with Crippen LogP contribution >= 0.6 is 0 Å². The zero-order valence-corrected chi connectivity index (χ0v) is 13.7. The first-order valence-corrected chi connectivity index (χ1v) is 8.97. The maximum atomic E-state index is 11.6. The molecule has 0 aromatic carbocycles. The topological polar surface area (TPSA) is 69.7 Å². The summed E-state index contributed by atoms with van der Waals surface area (Å²) in [4.78, 5) is 11.6. The smallest absolute Gasteiger partial charge is 0.306 e. The fraction of sp³-hybridized carbons (Fsp3) is 0.929. The molecule has 1 rings (SSSR count). The highest BCUT2D eigenvalue weighted by Gasteiger charge is 2.25. The zero-order valence-electron chi connectivity index (χ0n) is 12.8. The van der Waals surface area contributed by atoms with Crippen LogP contribution in [0, 0.1) is 5.92 Å². The summed E-state index contributed by atoms with van der Waals surface area (Å²) in [5.74, 6) is 0.300. The van der Waals surface area contributed by atoms with Crippen LogP contribution in [0.5, 0.6) is 0 Å². The zero-order chi connectivity index (χ0) is 15.4. The molecule has 0 bridgehead atoms. The van der Waals surface area contributed by atoms with Crippen molar-refractivity contribution >= 4 is 16.1 Å². The van der Waals surface area contributed by atoms with Crippen molar-refractivity contribution in [1.82, 2.24) is 0 Å². The van der Waals surface area contributed by atoms with Crippen LogP contribution in [0.25, 0.3) is 0 Å². The fourth-order valence-corrected chi connectivity index (χ4v) is 3.17. The molecule has 0 amide bonds. The molecule has 0 saturated heterocycles. The summed E-state index contributed by atoms with van der Waals surface area (Å²) in [6.45, 7) is 5.58. The lowest BCUT2D eigenvalue weighted by Gasteiger charge is -2.27. The summed E-state index contributed by atoms with van der Waals surface area (Å²) in [6, 6.07) is 0. The minimum absolute atomic E-state index is 0.160. The van der Waals surface area contributed by atoms with Gasteiger partial charge in [0.15, 0.2) is 0 Å². The monoisotopic (exact) mass is 306 g/mol. The van der Waals surface area contributed by atoms with E-state index in [2.05, 4.69) is 0 Å². The Morgan fingerprint density at radius 3 is 2.15 bits per heavy atom. The van der Waals surface area contributed by atoms with Crippen LogP contribution in [0.3, 0.4) is 0 Å². The number of hydrogen-bond donors (Lipinski definition) is 0. The Kier molecular flexibility index (Phi) is 6.01. The van der Waals surface area contributed by atoms with Crippen molar-refractivity contribution < 1.29 is 22.1 Å². The second-order valence-corrected chi connectivity index (χ2v) is 8.17. The molecule has 5 nitrogen and oxygen atoms in total. The lowest BCUT2D eigenvalue weighted by molar-refractivity contribution is -0.155. The van der Waals surface area contributed by atoms with E-state index in [4.69, 9.17) is 8.92 Å². The first-order chi connectivity index (χ1) is 9.05. The van der Waals surface area contributed by atoms with Gasteiger partial charge in [-0.25, -0.2) is 0 Å². The maximum absolute atomic E-state index is 11.6. The van der Waals surface area contributed by atoms with Gasteiger partial charge in [0, 0.05) is 6.42 Å². The first kappa shape index (κ1) is 17.4. The van der Waals surface area contributed by atoms with Gasteiger partial charge in [0.1, 0.15) is 5.60 Å². The van der Waals surface area contributed by atoms with Gasteiger partial charge in [0.05, 0.1) is 12.4 Å². The quantitative estimate of drug-likeness (QED) is 0.577. The molecule has 0 radical (unpaired) electrons. The number of ether oxygens (including phenoxy) is 1. The molecule has 1 fully saturated rings. The average molecular weight is 306 g/mol. The van der Waals surface area contributed by atoms with Gasteiger partial charge in [-0.2, -0.15) is 8.42 Å². The highest BCUT2D eigenvalue weighted by Crippen LogP contribution is 2.30. The van der Waals surface area contributed by atoms with Crippen molar-refractivity contribution in [2.75, 3.05) is 6.26 Å². The minimum atomic E-state index is -3.36. The molecule has 0 N–H and O–H groups in total. The van der Waals surface area contributed by atoms with Crippen LogP contribution in [0.2, 0.25) is 0 Å². The normalized spacial score (nSPS) is 24.4. The van der Waals surface area contributed by atoms with E-state index in [0.717, 1.165) is 38.4 Å². The SMILES string of the molecule is CC(C)(C)OC(=O)CCC1CCC(OS(C)(=O)=O)CC1. The lowest BCUT2D eigenvalue weighted by Crippen LogP contribution is -2.26. The number of hydrogen-bond acceptors (Lipinski definition) is 5. The van der Waals surface area contributed by atoms with Crippen LogP contribution in [-0.4, -0.2) is 32.3 Å². The van der Waals surface area contributed by atoms with Crippen molar-refractivity contribution in [3.8, 4) is 0 Å². The van der Waals surface area contributed by atoms with E-state index in [9.17, 15) is 13.2 Å². The van der Waals surface area contributed by atoms with Gasteiger partial charge in [0.25, 0.3) is 10.1 Å². The van der Waals surface area contributed by atoms with E-state index >= 15 is 0 Å². The molecule has 20 heavy (non-hydrogen) atoms. The molecule has 0 aromatic rings. The molecule has 1 aliphatic carbocycles. The van der Waals surface area contributed by atoms with Crippen LogP contribution in [0.4, 0.5) is 0 Å². The molecular formula is C14H26O5S. The number of carbonyl (C=O) groups excluding carboxylic acids is 1. The van der Waals surface area contributed by atoms with Crippen LogP contribution in [0.15, 0.2) is 0 Å². The minimum Gasteiger partial charge on any atom is -0.460 e. The Morgan fingerprint density at radius 1 is 1.15 bits per heavy atom. The Hall–Kier alpha value is -0.620. The third kappa shape index (κ3) is 7.85. The maximum Gasteiger partial charge on any atom is 0.306 e. The van der Waals surface area contributed by atoms with Crippen LogP contribution < -0.4 is 0 Å². The van der Waals surface area contributed by atoms with Gasteiger partial charge >= 0.3 is 5.97 Å². The molecule has 1 aliphatic rings. The molecular weight excluding hydrogens is 280 g/mol. The molecule has 0 unspecified atom stereocenters. The van der Waals surface area contributed by atoms with Crippen LogP contribution in [0.1, 0.15) is 59.3 Å². The third-order valence-electron chi connectivity index (χ3n) is 3.28. The largest absolute Gasteiger partial charge is 0.460 e. The van der Waals surface area contributed by atoms with E-state index in [1.165, 1.54) is 0 Å². The Balaban J connectivity index is 2.24. The van der Waals surface area contributed by atoms with E-state index in [0.29, 0.717) is 12.3 Å². The lowest BCUT2D eigenvalue weighted by atomic mass is 9.84. The highest BCUT2D eigenvalue weighted by molar-refractivity contribution is 7.86. The van der Waals surface area contributed by atoms with E-state index in [-0.39, 0.29) is 12.1 Å². The second kappa shape index (κ2) is 6.89. The molecule has 0 atom stereocenters. The van der Waals surface area contributed by atoms with Gasteiger partial charge in [0.2, 0.25) is 0 Å².